The molecule has 0 bridgehead atoms. The van der Waals surface area contributed by atoms with Gasteiger partial charge in [0.15, 0.2) is 5.65 Å². The van der Waals surface area contributed by atoms with Gasteiger partial charge in [-0.3, -0.25) is 0 Å². The van der Waals surface area contributed by atoms with Gasteiger partial charge in [0.1, 0.15) is 5.65 Å². The fourth-order valence-corrected chi connectivity index (χ4v) is 3.86. The first-order valence-electron chi connectivity index (χ1n) is 9.21. The van der Waals surface area contributed by atoms with Crippen LogP contribution in [-0.4, -0.2) is 37.1 Å². The van der Waals surface area contributed by atoms with E-state index in [1.165, 1.54) is 5.69 Å². The van der Waals surface area contributed by atoms with E-state index < -0.39 is 0 Å². The van der Waals surface area contributed by atoms with Gasteiger partial charge in [0.05, 0.1) is 23.3 Å². The van der Waals surface area contributed by atoms with Gasteiger partial charge in [-0.15, -0.1) is 0 Å². The molecule has 5 heterocycles. The Bertz CT molecular complexity index is 1100. The summed E-state index contributed by atoms with van der Waals surface area (Å²) in [6, 6.07) is 6.29. The summed E-state index contributed by atoms with van der Waals surface area (Å²) < 4.78 is 4.01. The summed E-state index contributed by atoms with van der Waals surface area (Å²) in [6.07, 6.45) is 8.60. The second-order valence-corrected chi connectivity index (χ2v) is 7.24. The Labute approximate surface area is 151 Å². The van der Waals surface area contributed by atoms with Crippen LogP contribution in [-0.2, 0) is 0 Å². The Kier molecular flexibility index (Phi) is 3.53. The molecule has 26 heavy (non-hydrogen) atoms. The van der Waals surface area contributed by atoms with Gasteiger partial charge >= 0.3 is 0 Å². The largest absolute Gasteiger partial charge is 0.317 e. The maximum Gasteiger partial charge on any atom is 0.156 e. The smallest absolute Gasteiger partial charge is 0.156 e. The lowest BCUT2D eigenvalue weighted by Crippen LogP contribution is -2.26. The van der Waals surface area contributed by atoms with Gasteiger partial charge in [-0.1, -0.05) is 0 Å². The van der Waals surface area contributed by atoms with Crippen LogP contribution in [0.3, 0.4) is 0 Å². The number of nitrogens with zero attached hydrogens (tertiary/aromatic N) is 5. The summed E-state index contributed by atoms with van der Waals surface area (Å²) in [4.78, 5) is 9.37. The minimum Gasteiger partial charge on any atom is -0.317 e. The van der Waals surface area contributed by atoms with Crippen molar-refractivity contribution in [3.8, 4) is 11.3 Å². The normalized spacial score (nSPS) is 15.9. The van der Waals surface area contributed by atoms with Crippen LogP contribution in [0.15, 0.2) is 36.8 Å². The van der Waals surface area contributed by atoms with E-state index >= 15 is 0 Å². The number of piperidine rings is 1. The van der Waals surface area contributed by atoms with Crippen LogP contribution in [0, 0.1) is 13.8 Å². The number of aryl methyl sites for hydroxylation is 2. The standard InChI is InChI=1S/C20H22N6/c1-13-9-17(24-26-10-14(2)22-20(13)26)16-3-4-19-23-18(12-25(19)11-16)15-5-7-21-8-6-15/h3-4,9-12,15,21H,5-8H2,1-2H3. The molecule has 0 aromatic carbocycles. The van der Waals surface area contributed by atoms with Gasteiger partial charge in [0.2, 0.25) is 0 Å². The van der Waals surface area contributed by atoms with E-state index in [1.54, 1.807) is 0 Å². The molecule has 6 heteroatoms. The van der Waals surface area contributed by atoms with E-state index in [0.717, 1.165) is 59.7 Å². The molecule has 4 aromatic heterocycles. The molecule has 1 aliphatic rings. The lowest BCUT2D eigenvalue weighted by molar-refractivity contribution is 0.454. The highest BCUT2D eigenvalue weighted by molar-refractivity contribution is 5.64. The number of fused-ring (bicyclic) bond motifs is 2. The lowest BCUT2D eigenvalue weighted by atomic mass is 9.95. The zero-order valence-electron chi connectivity index (χ0n) is 15.1. The van der Waals surface area contributed by atoms with Crippen LogP contribution >= 0.6 is 0 Å². The van der Waals surface area contributed by atoms with Gasteiger partial charge in [-0.05, 0) is 63.5 Å². The maximum atomic E-state index is 4.84. The molecule has 1 fully saturated rings. The Hall–Kier alpha value is -2.73. The Morgan fingerprint density at radius 3 is 2.73 bits per heavy atom. The van der Waals surface area contributed by atoms with Crippen LogP contribution in [0.4, 0.5) is 0 Å². The van der Waals surface area contributed by atoms with Crippen molar-refractivity contribution in [2.24, 2.45) is 0 Å². The number of hydrogen-bond acceptors (Lipinski definition) is 4. The van der Waals surface area contributed by atoms with E-state index in [0.29, 0.717) is 5.92 Å². The summed E-state index contributed by atoms with van der Waals surface area (Å²) in [5, 5.41) is 8.16. The third kappa shape index (κ3) is 2.57. The highest BCUT2D eigenvalue weighted by Gasteiger charge is 2.18. The fraction of sp³-hybridized carbons (Fsp3) is 0.350. The van der Waals surface area contributed by atoms with Crippen molar-refractivity contribution >= 4 is 11.3 Å². The third-order valence-corrected chi connectivity index (χ3v) is 5.25. The van der Waals surface area contributed by atoms with Gasteiger partial charge < -0.3 is 9.72 Å². The first-order valence-corrected chi connectivity index (χ1v) is 9.21. The van der Waals surface area contributed by atoms with Crippen molar-refractivity contribution in [1.82, 2.24) is 29.3 Å². The van der Waals surface area contributed by atoms with Crippen LogP contribution < -0.4 is 5.32 Å². The Morgan fingerprint density at radius 1 is 1.04 bits per heavy atom. The van der Waals surface area contributed by atoms with Crippen molar-refractivity contribution in [1.29, 1.82) is 0 Å². The number of nitrogens with one attached hydrogen (secondary N) is 1. The highest BCUT2D eigenvalue weighted by Crippen LogP contribution is 2.26. The van der Waals surface area contributed by atoms with Gasteiger partial charge in [-0.25, -0.2) is 14.5 Å². The van der Waals surface area contributed by atoms with Crippen molar-refractivity contribution in [3.05, 3.63) is 53.7 Å². The van der Waals surface area contributed by atoms with Crippen molar-refractivity contribution in [3.63, 3.8) is 0 Å². The molecule has 1 saturated heterocycles. The Morgan fingerprint density at radius 2 is 1.88 bits per heavy atom. The molecular formula is C20H22N6. The lowest BCUT2D eigenvalue weighted by Gasteiger charge is -2.20. The van der Waals surface area contributed by atoms with Gasteiger partial charge in [0.25, 0.3) is 0 Å². The molecule has 5 rings (SSSR count). The highest BCUT2D eigenvalue weighted by atomic mass is 15.2. The molecule has 0 radical (unpaired) electrons. The molecular weight excluding hydrogens is 324 g/mol. The molecule has 4 aromatic rings. The second-order valence-electron chi connectivity index (χ2n) is 7.24. The molecule has 0 aliphatic carbocycles. The predicted molar refractivity (Wildman–Crippen MR) is 101 cm³/mol. The summed E-state index contributed by atoms with van der Waals surface area (Å²) in [5.41, 5.74) is 7.27. The second kappa shape index (κ2) is 5.92. The minimum atomic E-state index is 0.560. The van der Waals surface area contributed by atoms with E-state index in [2.05, 4.69) is 52.2 Å². The number of imidazole rings is 2. The van der Waals surface area contributed by atoms with E-state index in [1.807, 2.05) is 17.6 Å². The van der Waals surface area contributed by atoms with E-state index in [-0.39, 0.29) is 0 Å². The summed E-state index contributed by atoms with van der Waals surface area (Å²) in [7, 11) is 0. The maximum absolute atomic E-state index is 4.84. The zero-order valence-corrected chi connectivity index (χ0v) is 15.1. The minimum absolute atomic E-state index is 0.560. The molecule has 1 N–H and O–H groups in total. The molecule has 0 saturated carbocycles. The van der Waals surface area contributed by atoms with Crippen LogP contribution in [0.5, 0.6) is 0 Å². The van der Waals surface area contributed by atoms with Crippen LogP contribution in [0.2, 0.25) is 0 Å². The molecule has 132 valence electrons. The van der Waals surface area contributed by atoms with E-state index in [9.17, 15) is 0 Å². The van der Waals surface area contributed by atoms with Crippen LogP contribution in [0.1, 0.15) is 35.7 Å². The molecule has 6 nitrogen and oxygen atoms in total. The molecule has 0 unspecified atom stereocenters. The topological polar surface area (TPSA) is 59.5 Å². The monoisotopic (exact) mass is 346 g/mol. The average Bonchev–Trinajstić information content (AvgIpc) is 3.24. The van der Waals surface area contributed by atoms with Crippen molar-refractivity contribution in [2.45, 2.75) is 32.6 Å². The first kappa shape index (κ1) is 15.5. The zero-order chi connectivity index (χ0) is 17.7. The van der Waals surface area contributed by atoms with Gasteiger partial charge in [0, 0.05) is 23.9 Å². The predicted octanol–water partition coefficient (Wildman–Crippen LogP) is 3.13. The number of aromatic nitrogens is 5. The van der Waals surface area contributed by atoms with Crippen molar-refractivity contribution < 1.29 is 0 Å². The molecule has 0 amide bonds. The number of pyridine rings is 1. The van der Waals surface area contributed by atoms with Crippen LogP contribution in [0.25, 0.3) is 22.6 Å². The number of hydrogen-bond donors (Lipinski definition) is 1. The quantitative estimate of drug-likeness (QED) is 0.606. The van der Waals surface area contributed by atoms with Crippen molar-refractivity contribution in [2.75, 3.05) is 13.1 Å². The van der Waals surface area contributed by atoms with Gasteiger partial charge in [-0.2, -0.15) is 5.10 Å². The third-order valence-electron chi connectivity index (χ3n) is 5.25. The average molecular weight is 346 g/mol. The first-order chi connectivity index (χ1) is 12.7. The molecule has 0 spiro atoms. The Balaban J connectivity index is 1.56. The van der Waals surface area contributed by atoms with E-state index in [4.69, 9.17) is 10.1 Å². The summed E-state index contributed by atoms with van der Waals surface area (Å²) in [6.45, 7) is 6.24. The summed E-state index contributed by atoms with van der Waals surface area (Å²) in [5.74, 6) is 0.560. The summed E-state index contributed by atoms with van der Waals surface area (Å²) >= 11 is 0. The number of rotatable bonds is 2. The molecule has 0 atom stereocenters. The molecule has 1 aliphatic heterocycles. The fourth-order valence-electron chi connectivity index (χ4n) is 3.86. The SMILES string of the molecule is Cc1cn2nc(-c3ccc4nc(C5CCNCC5)cn4c3)cc(C)c2n1.